The van der Waals surface area contributed by atoms with E-state index in [2.05, 4.69) is 9.97 Å². The summed E-state index contributed by atoms with van der Waals surface area (Å²) >= 11 is 0. The van der Waals surface area contributed by atoms with Gasteiger partial charge in [0.25, 0.3) is 0 Å². The molecule has 1 aromatic heterocycles. The highest BCUT2D eigenvalue weighted by Gasteiger charge is 2.03. The van der Waals surface area contributed by atoms with Crippen LogP contribution in [-0.4, -0.2) is 16.6 Å². The first-order chi connectivity index (χ1) is 11.3. The molecule has 0 aliphatic heterocycles. The highest BCUT2D eigenvalue weighted by molar-refractivity contribution is 5.68. The lowest BCUT2D eigenvalue weighted by Gasteiger charge is -2.06. The van der Waals surface area contributed by atoms with Gasteiger partial charge in [0.15, 0.2) is 5.82 Å². The van der Waals surface area contributed by atoms with E-state index in [1.807, 2.05) is 61.5 Å². The molecule has 0 N–H and O–H groups in total. The van der Waals surface area contributed by atoms with Crippen LogP contribution in [0.15, 0.2) is 60.9 Å². The summed E-state index contributed by atoms with van der Waals surface area (Å²) in [5.74, 6) is 1.49. The van der Waals surface area contributed by atoms with E-state index in [1.165, 1.54) is 12.4 Å². The largest absolute Gasteiger partial charge is 0.494 e. The van der Waals surface area contributed by atoms with Crippen molar-refractivity contribution in [1.82, 2.24) is 9.97 Å². The maximum absolute atomic E-state index is 8.78. The number of hydrogen-bond donors (Lipinski definition) is 0. The Hall–Kier alpha value is -3.19. The molecular formula is C19H15N3O. The van der Waals surface area contributed by atoms with Crippen LogP contribution in [-0.2, 0) is 0 Å². The normalized spacial score (nSPS) is 10.1. The van der Waals surface area contributed by atoms with E-state index in [0.717, 1.165) is 22.4 Å². The Morgan fingerprint density at radius 2 is 1.39 bits per heavy atom. The molecule has 0 unspecified atom stereocenters. The molecule has 0 bridgehead atoms. The van der Waals surface area contributed by atoms with Crippen LogP contribution in [0.5, 0.6) is 5.75 Å². The van der Waals surface area contributed by atoms with Gasteiger partial charge in [0.05, 0.1) is 12.2 Å². The molecule has 4 nitrogen and oxygen atoms in total. The van der Waals surface area contributed by atoms with E-state index >= 15 is 0 Å². The average Bonchev–Trinajstić information content (AvgIpc) is 2.63. The number of aromatic nitrogens is 2. The Balaban J connectivity index is 1.82. The first-order valence-electron chi connectivity index (χ1n) is 7.36. The number of nitrogens with zero attached hydrogens (tertiary/aromatic N) is 3. The molecule has 0 amide bonds. The fraction of sp³-hybridized carbons (Fsp3) is 0.105. The third-order valence-electron chi connectivity index (χ3n) is 3.42. The van der Waals surface area contributed by atoms with Crippen molar-refractivity contribution in [3.63, 3.8) is 0 Å². The fourth-order valence-corrected chi connectivity index (χ4v) is 2.26. The number of ether oxygens (including phenoxy) is 1. The highest BCUT2D eigenvalue weighted by Crippen LogP contribution is 2.25. The standard InChI is InChI=1S/C19H15N3O/c1-2-23-18-9-7-16(8-10-18)15-3-5-17(6-4-15)19-21-12-14(11-20)13-22-19/h3-10,12-13H,2H2,1H3. The number of rotatable bonds is 4. The molecule has 0 fully saturated rings. The van der Waals surface area contributed by atoms with E-state index < -0.39 is 0 Å². The Bertz CT molecular complexity index is 816. The summed E-state index contributed by atoms with van der Waals surface area (Å²) in [4.78, 5) is 8.41. The molecule has 4 heteroatoms. The molecule has 3 rings (SSSR count). The van der Waals surface area contributed by atoms with Gasteiger partial charge in [-0.25, -0.2) is 9.97 Å². The lowest BCUT2D eigenvalue weighted by molar-refractivity contribution is 0.340. The summed E-state index contributed by atoms with van der Waals surface area (Å²) in [6, 6.07) is 18.1. The SMILES string of the molecule is CCOc1ccc(-c2ccc(-c3ncc(C#N)cn3)cc2)cc1. The Morgan fingerprint density at radius 3 is 1.91 bits per heavy atom. The topological polar surface area (TPSA) is 58.8 Å². The van der Waals surface area contributed by atoms with Crippen LogP contribution in [0.4, 0.5) is 0 Å². The highest BCUT2D eigenvalue weighted by atomic mass is 16.5. The van der Waals surface area contributed by atoms with Crippen molar-refractivity contribution >= 4 is 0 Å². The summed E-state index contributed by atoms with van der Waals surface area (Å²) in [7, 11) is 0. The first-order valence-corrected chi connectivity index (χ1v) is 7.36. The van der Waals surface area contributed by atoms with E-state index in [1.54, 1.807) is 0 Å². The monoisotopic (exact) mass is 301 g/mol. The number of hydrogen-bond acceptors (Lipinski definition) is 4. The minimum Gasteiger partial charge on any atom is -0.494 e. The van der Waals surface area contributed by atoms with Crippen molar-refractivity contribution in [2.45, 2.75) is 6.92 Å². The van der Waals surface area contributed by atoms with Gasteiger partial charge in [-0.1, -0.05) is 36.4 Å². The molecule has 1 heterocycles. The van der Waals surface area contributed by atoms with Crippen molar-refractivity contribution in [3.8, 4) is 34.3 Å². The minimum absolute atomic E-state index is 0.458. The quantitative estimate of drug-likeness (QED) is 0.728. The fourth-order valence-electron chi connectivity index (χ4n) is 2.26. The predicted octanol–water partition coefficient (Wildman–Crippen LogP) is 4.08. The molecular weight excluding hydrogens is 286 g/mol. The van der Waals surface area contributed by atoms with Gasteiger partial charge >= 0.3 is 0 Å². The third-order valence-corrected chi connectivity index (χ3v) is 3.42. The summed E-state index contributed by atoms with van der Waals surface area (Å²) in [5, 5.41) is 8.78. The van der Waals surface area contributed by atoms with Gasteiger partial charge in [0.2, 0.25) is 0 Å². The Labute approximate surface area is 135 Å². The molecule has 0 saturated heterocycles. The Kier molecular flexibility index (Phi) is 4.30. The molecule has 112 valence electrons. The third kappa shape index (κ3) is 3.35. The summed E-state index contributed by atoms with van der Waals surface area (Å²) < 4.78 is 5.45. The summed E-state index contributed by atoms with van der Waals surface area (Å²) in [6.45, 7) is 2.64. The molecule has 3 aromatic rings. The zero-order chi connectivity index (χ0) is 16.1. The lowest BCUT2D eigenvalue weighted by Crippen LogP contribution is -1.91. The van der Waals surface area contributed by atoms with Gasteiger partial charge < -0.3 is 4.74 Å². The van der Waals surface area contributed by atoms with E-state index in [0.29, 0.717) is 18.0 Å². The zero-order valence-electron chi connectivity index (χ0n) is 12.7. The first kappa shape index (κ1) is 14.7. The summed E-state index contributed by atoms with van der Waals surface area (Å²) in [6.07, 6.45) is 3.06. The Morgan fingerprint density at radius 1 is 0.870 bits per heavy atom. The second-order valence-electron chi connectivity index (χ2n) is 4.94. The summed E-state index contributed by atoms with van der Waals surface area (Å²) in [5.41, 5.74) is 3.62. The van der Waals surface area contributed by atoms with Crippen LogP contribution in [0.1, 0.15) is 12.5 Å². The molecule has 0 radical (unpaired) electrons. The molecule has 0 saturated carbocycles. The van der Waals surface area contributed by atoms with Gasteiger partial charge in [0, 0.05) is 18.0 Å². The van der Waals surface area contributed by atoms with Crippen molar-refractivity contribution in [2.75, 3.05) is 6.61 Å². The number of nitriles is 1. The van der Waals surface area contributed by atoms with E-state index in [-0.39, 0.29) is 0 Å². The van der Waals surface area contributed by atoms with Gasteiger partial charge in [-0.15, -0.1) is 0 Å². The smallest absolute Gasteiger partial charge is 0.159 e. The number of benzene rings is 2. The van der Waals surface area contributed by atoms with Gasteiger partial charge in [-0.2, -0.15) is 5.26 Å². The van der Waals surface area contributed by atoms with E-state index in [9.17, 15) is 0 Å². The van der Waals surface area contributed by atoms with Crippen LogP contribution in [0.3, 0.4) is 0 Å². The molecule has 0 spiro atoms. The predicted molar refractivity (Wildman–Crippen MR) is 88.8 cm³/mol. The van der Waals surface area contributed by atoms with Crippen LogP contribution in [0.25, 0.3) is 22.5 Å². The van der Waals surface area contributed by atoms with E-state index in [4.69, 9.17) is 10.00 Å². The molecule has 0 aliphatic carbocycles. The average molecular weight is 301 g/mol. The van der Waals surface area contributed by atoms with Crippen molar-refractivity contribution in [2.24, 2.45) is 0 Å². The minimum atomic E-state index is 0.458. The van der Waals surface area contributed by atoms with Crippen molar-refractivity contribution < 1.29 is 4.74 Å². The van der Waals surface area contributed by atoms with Crippen LogP contribution in [0.2, 0.25) is 0 Å². The van der Waals surface area contributed by atoms with Gasteiger partial charge in [-0.05, 0) is 30.2 Å². The van der Waals surface area contributed by atoms with Crippen LogP contribution >= 0.6 is 0 Å². The van der Waals surface area contributed by atoms with Crippen molar-refractivity contribution in [3.05, 3.63) is 66.5 Å². The molecule has 0 atom stereocenters. The molecule has 23 heavy (non-hydrogen) atoms. The zero-order valence-corrected chi connectivity index (χ0v) is 12.7. The molecule has 0 aliphatic rings. The second-order valence-corrected chi connectivity index (χ2v) is 4.94. The maximum atomic E-state index is 8.78. The van der Waals surface area contributed by atoms with Crippen LogP contribution < -0.4 is 4.74 Å². The van der Waals surface area contributed by atoms with Gasteiger partial charge in [-0.3, -0.25) is 0 Å². The maximum Gasteiger partial charge on any atom is 0.159 e. The molecule has 2 aromatic carbocycles. The second kappa shape index (κ2) is 6.71. The van der Waals surface area contributed by atoms with Crippen LogP contribution in [0, 0.1) is 11.3 Å². The van der Waals surface area contributed by atoms with Crippen molar-refractivity contribution in [1.29, 1.82) is 5.26 Å². The van der Waals surface area contributed by atoms with Gasteiger partial charge in [0.1, 0.15) is 11.8 Å². The lowest BCUT2D eigenvalue weighted by atomic mass is 10.0.